The number of carboxylic acids is 1. The van der Waals surface area contributed by atoms with E-state index in [-0.39, 0.29) is 23.7 Å². The number of carboxylic acid groups (broad SMARTS) is 1. The minimum atomic E-state index is -1.05. The lowest BCUT2D eigenvalue weighted by molar-refractivity contribution is 0.0615. The first kappa shape index (κ1) is 12.9. The van der Waals surface area contributed by atoms with Crippen LogP contribution in [-0.2, 0) is 4.84 Å². The Labute approximate surface area is 115 Å². The number of carbonyl (C=O) groups is 1. The third-order valence-corrected chi connectivity index (χ3v) is 3.84. The number of fused-ring (bicyclic) bond motifs is 1. The Morgan fingerprint density at radius 2 is 2.25 bits per heavy atom. The summed E-state index contributed by atoms with van der Waals surface area (Å²) in [7, 11) is 1.43. The summed E-state index contributed by atoms with van der Waals surface area (Å²) in [5.41, 5.74) is 1.50. The Bertz CT molecular complexity index is 583. The zero-order valence-electron chi connectivity index (χ0n) is 10.9. The average Bonchev–Trinajstić information content (AvgIpc) is 2.96. The van der Waals surface area contributed by atoms with Gasteiger partial charge < -0.3 is 19.8 Å². The minimum absolute atomic E-state index is 0.0278. The van der Waals surface area contributed by atoms with Crippen molar-refractivity contribution >= 4 is 11.7 Å². The summed E-state index contributed by atoms with van der Waals surface area (Å²) in [5, 5.41) is 22.9. The average molecular weight is 277 g/mol. The number of nitrogens with zero attached hydrogens (tertiary/aromatic N) is 1. The third-order valence-electron chi connectivity index (χ3n) is 3.84. The van der Waals surface area contributed by atoms with E-state index in [9.17, 15) is 15.0 Å². The summed E-state index contributed by atoms with van der Waals surface area (Å²) in [6.07, 6.45) is 0.681. The van der Waals surface area contributed by atoms with Gasteiger partial charge in [0.15, 0.2) is 0 Å². The Morgan fingerprint density at radius 1 is 1.45 bits per heavy atom. The van der Waals surface area contributed by atoms with Gasteiger partial charge in [0.2, 0.25) is 0 Å². The van der Waals surface area contributed by atoms with Gasteiger partial charge in [-0.15, -0.1) is 0 Å². The first-order valence-corrected chi connectivity index (χ1v) is 6.43. The molecular weight excluding hydrogens is 262 g/mol. The van der Waals surface area contributed by atoms with E-state index in [1.807, 2.05) is 0 Å². The highest BCUT2D eigenvalue weighted by atomic mass is 16.6. The number of rotatable bonds is 3. The number of aliphatic hydroxyl groups excluding tert-OH is 1. The molecule has 0 amide bonds. The lowest BCUT2D eigenvalue weighted by Crippen LogP contribution is -2.18. The zero-order chi connectivity index (χ0) is 14.3. The SMILES string of the molecule is COc1ccc(C2=NOC3CC(O)CC23)cc1C(=O)O. The predicted molar refractivity (Wildman–Crippen MR) is 70.1 cm³/mol. The largest absolute Gasteiger partial charge is 0.496 e. The second-order valence-corrected chi connectivity index (χ2v) is 5.07. The molecule has 1 aliphatic carbocycles. The van der Waals surface area contributed by atoms with E-state index in [2.05, 4.69) is 5.16 Å². The molecule has 6 heteroatoms. The van der Waals surface area contributed by atoms with E-state index < -0.39 is 5.97 Å². The molecule has 0 saturated heterocycles. The van der Waals surface area contributed by atoms with Gasteiger partial charge in [0.05, 0.1) is 18.9 Å². The third kappa shape index (κ3) is 2.02. The number of benzene rings is 1. The second kappa shape index (κ2) is 4.79. The van der Waals surface area contributed by atoms with E-state index in [0.29, 0.717) is 29.9 Å². The molecule has 3 atom stereocenters. The summed E-state index contributed by atoms with van der Waals surface area (Å²) in [6.45, 7) is 0. The van der Waals surface area contributed by atoms with Crippen molar-refractivity contribution < 1.29 is 24.6 Å². The van der Waals surface area contributed by atoms with Crippen LogP contribution in [0.15, 0.2) is 23.4 Å². The molecule has 20 heavy (non-hydrogen) atoms. The van der Waals surface area contributed by atoms with Crippen molar-refractivity contribution in [2.24, 2.45) is 11.1 Å². The number of hydrogen-bond acceptors (Lipinski definition) is 5. The van der Waals surface area contributed by atoms with Crippen LogP contribution in [-0.4, -0.2) is 41.2 Å². The first-order chi connectivity index (χ1) is 9.60. The summed E-state index contributed by atoms with van der Waals surface area (Å²) < 4.78 is 5.04. The van der Waals surface area contributed by atoms with Crippen LogP contribution in [0.1, 0.15) is 28.8 Å². The number of ether oxygens (including phenoxy) is 1. The maximum absolute atomic E-state index is 11.2. The fourth-order valence-corrected chi connectivity index (χ4v) is 2.87. The molecule has 2 aliphatic rings. The summed E-state index contributed by atoms with van der Waals surface area (Å²) in [5.74, 6) is -0.713. The van der Waals surface area contributed by atoms with Gasteiger partial charge in [-0.1, -0.05) is 5.16 Å². The van der Waals surface area contributed by atoms with E-state index in [0.717, 1.165) is 0 Å². The molecule has 3 rings (SSSR count). The zero-order valence-corrected chi connectivity index (χ0v) is 10.9. The number of aliphatic hydroxyl groups is 1. The fraction of sp³-hybridized carbons (Fsp3) is 0.429. The number of methoxy groups -OCH3 is 1. The maximum Gasteiger partial charge on any atom is 0.339 e. The first-order valence-electron chi connectivity index (χ1n) is 6.43. The molecule has 106 valence electrons. The number of hydrogen-bond donors (Lipinski definition) is 2. The second-order valence-electron chi connectivity index (χ2n) is 5.07. The topological polar surface area (TPSA) is 88.4 Å². The lowest BCUT2D eigenvalue weighted by Gasteiger charge is -2.11. The van der Waals surface area contributed by atoms with Crippen molar-refractivity contribution in [3.63, 3.8) is 0 Å². The normalized spacial score (nSPS) is 27.7. The monoisotopic (exact) mass is 277 g/mol. The van der Waals surface area contributed by atoms with Gasteiger partial charge >= 0.3 is 5.97 Å². The van der Waals surface area contributed by atoms with Gasteiger partial charge in [0.25, 0.3) is 0 Å². The van der Waals surface area contributed by atoms with Crippen molar-refractivity contribution in [2.75, 3.05) is 7.11 Å². The molecule has 1 saturated carbocycles. The van der Waals surface area contributed by atoms with Crippen molar-refractivity contribution in [1.29, 1.82) is 0 Å². The quantitative estimate of drug-likeness (QED) is 0.868. The van der Waals surface area contributed by atoms with Crippen molar-refractivity contribution in [1.82, 2.24) is 0 Å². The van der Waals surface area contributed by atoms with Crippen LogP contribution in [0.3, 0.4) is 0 Å². The molecule has 1 aromatic rings. The molecule has 1 aromatic carbocycles. The van der Waals surface area contributed by atoms with Crippen LogP contribution in [0.25, 0.3) is 0 Å². The molecule has 1 heterocycles. The van der Waals surface area contributed by atoms with Crippen molar-refractivity contribution in [3.05, 3.63) is 29.3 Å². The minimum Gasteiger partial charge on any atom is -0.496 e. The predicted octanol–water partition coefficient (Wildman–Crippen LogP) is 1.27. The van der Waals surface area contributed by atoms with Crippen LogP contribution < -0.4 is 4.74 Å². The molecule has 1 fully saturated rings. The van der Waals surface area contributed by atoms with E-state index in [4.69, 9.17) is 9.57 Å². The van der Waals surface area contributed by atoms with Gasteiger partial charge in [-0.3, -0.25) is 0 Å². The molecule has 0 spiro atoms. The standard InChI is InChI=1S/C14H15NO5/c1-19-11-3-2-7(4-10(11)14(17)18)13-9-5-8(16)6-12(9)20-15-13/h2-4,8-9,12,16H,5-6H2,1H3,(H,17,18). The van der Waals surface area contributed by atoms with Crippen LogP contribution in [0.2, 0.25) is 0 Å². The maximum atomic E-state index is 11.2. The molecule has 3 unspecified atom stereocenters. The van der Waals surface area contributed by atoms with Gasteiger partial charge in [0.1, 0.15) is 17.4 Å². The van der Waals surface area contributed by atoms with Crippen LogP contribution >= 0.6 is 0 Å². The molecule has 0 radical (unpaired) electrons. The van der Waals surface area contributed by atoms with Crippen LogP contribution in [0, 0.1) is 5.92 Å². The molecular formula is C14H15NO5. The molecule has 0 bridgehead atoms. The highest BCUT2D eigenvalue weighted by Gasteiger charge is 2.43. The Balaban J connectivity index is 1.95. The fourth-order valence-electron chi connectivity index (χ4n) is 2.87. The number of oxime groups is 1. The Morgan fingerprint density at radius 3 is 2.95 bits per heavy atom. The molecule has 2 N–H and O–H groups in total. The molecule has 0 aromatic heterocycles. The lowest BCUT2D eigenvalue weighted by atomic mass is 9.93. The van der Waals surface area contributed by atoms with Crippen molar-refractivity contribution in [3.8, 4) is 5.75 Å². The summed E-state index contributed by atoms with van der Waals surface area (Å²) >= 11 is 0. The smallest absolute Gasteiger partial charge is 0.339 e. The van der Waals surface area contributed by atoms with Gasteiger partial charge in [0, 0.05) is 17.9 Å². The van der Waals surface area contributed by atoms with Gasteiger partial charge in [-0.2, -0.15) is 0 Å². The number of aromatic carboxylic acids is 1. The highest BCUT2D eigenvalue weighted by Crippen LogP contribution is 2.37. The van der Waals surface area contributed by atoms with E-state index >= 15 is 0 Å². The van der Waals surface area contributed by atoms with Gasteiger partial charge in [-0.05, 0) is 24.6 Å². The van der Waals surface area contributed by atoms with Crippen LogP contribution in [0.5, 0.6) is 5.75 Å². The van der Waals surface area contributed by atoms with Crippen LogP contribution in [0.4, 0.5) is 0 Å². The molecule has 6 nitrogen and oxygen atoms in total. The summed E-state index contributed by atoms with van der Waals surface area (Å²) in [6, 6.07) is 4.91. The highest BCUT2D eigenvalue weighted by molar-refractivity contribution is 6.05. The van der Waals surface area contributed by atoms with E-state index in [1.165, 1.54) is 13.2 Å². The van der Waals surface area contributed by atoms with Gasteiger partial charge in [-0.25, -0.2) is 4.79 Å². The van der Waals surface area contributed by atoms with E-state index in [1.54, 1.807) is 12.1 Å². The Hall–Kier alpha value is -2.08. The van der Waals surface area contributed by atoms with Crippen molar-refractivity contribution in [2.45, 2.75) is 25.0 Å². The Kier molecular flexibility index (Phi) is 3.10. The molecule has 1 aliphatic heterocycles. The summed E-state index contributed by atoms with van der Waals surface area (Å²) in [4.78, 5) is 16.6.